The summed E-state index contributed by atoms with van der Waals surface area (Å²) in [6.07, 6.45) is -13.8. The van der Waals surface area contributed by atoms with Gasteiger partial charge in [0.25, 0.3) is 0 Å². The lowest BCUT2D eigenvalue weighted by atomic mass is 9.97. The van der Waals surface area contributed by atoms with E-state index in [0.29, 0.717) is 11.5 Å². The van der Waals surface area contributed by atoms with E-state index in [2.05, 4.69) is 0 Å². The summed E-state index contributed by atoms with van der Waals surface area (Å²) < 4.78 is 27.1. The Bertz CT molecular complexity index is 669. The van der Waals surface area contributed by atoms with E-state index in [9.17, 15) is 30.6 Å². The summed E-state index contributed by atoms with van der Waals surface area (Å²) in [6.45, 7) is 0.911. The van der Waals surface area contributed by atoms with Gasteiger partial charge in [0.2, 0.25) is 6.29 Å². The number of hydrogen-bond donors (Lipinski definition) is 6. The molecule has 0 saturated carbocycles. The van der Waals surface area contributed by atoms with E-state index in [1.807, 2.05) is 0 Å². The molecule has 0 aliphatic carbocycles. The van der Waals surface area contributed by atoms with E-state index in [4.69, 9.17) is 23.7 Å². The van der Waals surface area contributed by atoms with Gasteiger partial charge in [-0.25, -0.2) is 0 Å². The summed E-state index contributed by atoms with van der Waals surface area (Å²) in [4.78, 5) is 0. The smallest absolute Gasteiger partial charge is 0.229 e. The predicted molar refractivity (Wildman–Crippen MR) is 98.6 cm³/mol. The minimum absolute atomic E-state index is 0.370. The van der Waals surface area contributed by atoms with Crippen molar-refractivity contribution in [2.75, 3.05) is 13.7 Å². The lowest BCUT2D eigenvalue weighted by molar-refractivity contribution is -0.350. The third kappa shape index (κ3) is 4.69. The second-order valence-corrected chi connectivity index (χ2v) is 7.28. The molecule has 2 aliphatic rings. The normalized spacial score (nSPS) is 42.0. The molecule has 10 atom stereocenters. The zero-order chi connectivity index (χ0) is 22.0. The molecule has 0 spiro atoms. The van der Waals surface area contributed by atoms with Gasteiger partial charge in [0.1, 0.15) is 54.2 Å². The highest BCUT2D eigenvalue weighted by atomic mass is 16.7. The van der Waals surface area contributed by atoms with E-state index in [-0.39, 0.29) is 0 Å². The highest BCUT2D eigenvalue weighted by Gasteiger charge is 2.50. The topological polar surface area (TPSA) is 168 Å². The Labute approximate surface area is 172 Å². The van der Waals surface area contributed by atoms with Gasteiger partial charge < -0.3 is 54.3 Å². The molecule has 30 heavy (non-hydrogen) atoms. The standard InChI is InChI=1S/C19H28O11/c1-8-12(21)17(30-18-15(24)14(23)13(22)11(7-20)29-18)16(25)19(27-8)28-10-5-3-9(26-2)4-6-10/h3-6,8,11-25H,7H2,1-2H3/t8-,11-,12-,13-,14+,15-,16+,17+,18+,19-/m0/s1. The van der Waals surface area contributed by atoms with Crippen LogP contribution < -0.4 is 9.47 Å². The van der Waals surface area contributed by atoms with Crippen LogP contribution in [0.5, 0.6) is 11.5 Å². The zero-order valence-electron chi connectivity index (χ0n) is 16.5. The van der Waals surface area contributed by atoms with Gasteiger partial charge in [0.15, 0.2) is 6.29 Å². The molecule has 1 aromatic rings. The van der Waals surface area contributed by atoms with Crippen LogP contribution in [0.15, 0.2) is 24.3 Å². The molecule has 0 radical (unpaired) electrons. The number of hydrogen-bond acceptors (Lipinski definition) is 11. The van der Waals surface area contributed by atoms with Crippen molar-refractivity contribution in [3.8, 4) is 11.5 Å². The minimum atomic E-state index is -1.68. The van der Waals surface area contributed by atoms with E-state index in [1.165, 1.54) is 7.11 Å². The van der Waals surface area contributed by atoms with Crippen molar-refractivity contribution >= 4 is 0 Å². The molecule has 2 aliphatic heterocycles. The van der Waals surface area contributed by atoms with Gasteiger partial charge in [0.05, 0.1) is 19.8 Å². The van der Waals surface area contributed by atoms with Crippen molar-refractivity contribution < 1.29 is 54.3 Å². The second-order valence-electron chi connectivity index (χ2n) is 7.28. The highest BCUT2D eigenvalue weighted by Crippen LogP contribution is 2.30. The summed E-state index contributed by atoms with van der Waals surface area (Å²) in [7, 11) is 1.52. The van der Waals surface area contributed by atoms with Crippen molar-refractivity contribution in [3.05, 3.63) is 24.3 Å². The van der Waals surface area contributed by atoms with Gasteiger partial charge in [-0.15, -0.1) is 0 Å². The Morgan fingerprint density at radius 2 is 1.43 bits per heavy atom. The van der Waals surface area contributed by atoms with Gasteiger partial charge in [-0.05, 0) is 31.2 Å². The van der Waals surface area contributed by atoms with Gasteiger partial charge >= 0.3 is 0 Å². The first-order chi connectivity index (χ1) is 14.3. The largest absolute Gasteiger partial charge is 0.497 e. The van der Waals surface area contributed by atoms with Crippen LogP contribution >= 0.6 is 0 Å². The molecule has 1 aromatic carbocycles. The Hall–Kier alpha value is -1.54. The van der Waals surface area contributed by atoms with Crippen LogP contribution in [0.25, 0.3) is 0 Å². The van der Waals surface area contributed by atoms with Gasteiger partial charge in [-0.1, -0.05) is 0 Å². The predicted octanol–water partition coefficient (Wildman–Crippen LogP) is -2.27. The highest BCUT2D eigenvalue weighted by molar-refractivity contribution is 5.31. The molecule has 2 heterocycles. The molecule has 11 heteroatoms. The monoisotopic (exact) mass is 432 g/mol. The maximum Gasteiger partial charge on any atom is 0.229 e. The van der Waals surface area contributed by atoms with Crippen molar-refractivity contribution in [1.82, 2.24) is 0 Å². The lowest BCUT2D eigenvalue weighted by Gasteiger charge is -2.45. The van der Waals surface area contributed by atoms with E-state index in [1.54, 1.807) is 31.2 Å². The van der Waals surface area contributed by atoms with Crippen molar-refractivity contribution in [2.24, 2.45) is 0 Å². The summed E-state index contributed by atoms with van der Waals surface area (Å²) in [5.74, 6) is 0.982. The average Bonchev–Trinajstić information content (AvgIpc) is 2.75. The molecular weight excluding hydrogens is 404 g/mol. The Kier molecular flexibility index (Phi) is 7.50. The molecule has 11 nitrogen and oxygen atoms in total. The van der Waals surface area contributed by atoms with Crippen LogP contribution in [-0.2, 0) is 14.2 Å². The first-order valence-electron chi connectivity index (χ1n) is 9.55. The first kappa shape index (κ1) is 23.1. The molecule has 170 valence electrons. The van der Waals surface area contributed by atoms with Gasteiger partial charge in [0, 0.05) is 0 Å². The Morgan fingerprint density at radius 3 is 2.03 bits per heavy atom. The number of benzene rings is 1. The fraction of sp³-hybridized carbons (Fsp3) is 0.684. The van der Waals surface area contributed by atoms with Crippen molar-refractivity contribution in [3.63, 3.8) is 0 Å². The molecule has 2 saturated heterocycles. The zero-order valence-corrected chi connectivity index (χ0v) is 16.5. The number of aliphatic hydroxyl groups is 6. The number of ether oxygens (including phenoxy) is 5. The third-order valence-corrected chi connectivity index (χ3v) is 5.23. The number of rotatable bonds is 6. The van der Waals surface area contributed by atoms with Gasteiger partial charge in [-0.2, -0.15) is 0 Å². The van der Waals surface area contributed by atoms with Crippen LogP contribution in [-0.4, -0.2) is 106 Å². The molecule has 0 bridgehead atoms. The van der Waals surface area contributed by atoms with Crippen LogP contribution in [0.3, 0.4) is 0 Å². The van der Waals surface area contributed by atoms with Crippen LogP contribution in [0.1, 0.15) is 6.92 Å². The molecule has 0 unspecified atom stereocenters. The third-order valence-electron chi connectivity index (χ3n) is 5.23. The maximum atomic E-state index is 10.7. The molecule has 6 N–H and O–H groups in total. The summed E-state index contributed by atoms with van der Waals surface area (Å²) >= 11 is 0. The van der Waals surface area contributed by atoms with E-state index < -0.39 is 68.0 Å². The second kappa shape index (κ2) is 9.73. The fourth-order valence-corrected chi connectivity index (χ4v) is 3.38. The SMILES string of the molecule is COc1ccc(O[C@@H]2O[C@@H](C)[C@H](O)[C@@H](O[C@H]3O[C@@H](CO)[C@H](O)[C@@H](O)[C@@H]3O)[C@H]2O)cc1. The molecule has 2 fully saturated rings. The maximum absolute atomic E-state index is 10.7. The van der Waals surface area contributed by atoms with Crippen LogP contribution in [0.4, 0.5) is 0 Å². The Morgan fingerprint density at radius 1 is 0.800 bits per heavy atom. The van der Waals surface area contributed by atoms with E-state index >= 15 is 0 Å². The quantitative estimate of drug-likeness (QED) is 0.287. The molecule has 0 amide bonds. The van der Waals surface area contributed by atoms with Gasteiger partial charge in [-0.3, -0.25) is 0 Å². The summed E-state index contributed by atoms with van der Waals surface area (Å²) in [5, 5.41) is 60.4. The lowest BCUT2D eigenvalue weighted by Crippen LogP contribution is -2.64. The molecule has 3 rings (SSSR count). The Balaban J connectivity index is 1.72. The number of aliphatic hydroxyl groups excluding tert-OH is 6. The molecule has 0 aromatic heterocycles. The van der Waals surface area contributed by atoms with Crippen LogP contribution in [0.2, 0.25) is 0 Å². The van der Waals surface area contributed by atoms with E-state index in [0.717, 1.165) is 0 Å². The van der Waals surface area contributed by atoms with Crippen LogP contribution in [0, 0.1) is 0 Å². The fourth-order valence-electron chi connectivity index (χ4n) is 3.38. The van der Waals surface area contributed by atoms with Crippen molar-refractivity contribution in [2.45, 2.75) is 68.3 Å². The number of methoxy groups -OCH3 is 1. The summed E-state index contributed by atoms with van der Waals surface area (Å²) in [6, 6.07) is 6.53. The average molecular weight is 432 g/mol. The van der Waals surface area contributed by atoms with Crippen molar-refractivity contribution in [1.29, 1.82) is 0 Å². The summed E-state index contributed by atoms with van der Waals surface area (Å²) in [5.41, 5.74) is 0. The first-order valence-corrected chi connectivity index (χ1v) is 9.55. The minimum Gasteiger partial charge on any atom is -0.497 e. The molecular formula is C19H28O11.